The lowest BCUT2D eigenvalue weighted by Crippen LogP contribution is -1.79. The van der Waals surface area contributed by atoms with Crippen LogP contribution in [0.3, 0.4) is 0 Å². The summed E-state index contributed by atoms with van der Waals surface area (Å²) in [5.41, 5.74) is 12.3. The van der Waals surface area contributed by atoms with Crippen LogP contribution in [0.25, 0.3) is 185 Å². The van der Waals surface area contributed by atoms with Crippen molar-refractivity contribution in [2.24, 2.45) is 0 Å². The zero-order chi connectivity index (χ0) is 84.4. The second-order valence-electron chi connectivity index (χ2n) is 29.4. The van der Waals surface area contributed by atoms with Gasteiger partial charge in [-0.15, -0.1) is 0 Å². The monoisotopic (exact) mass is 1550 g/mol. The van der Waals surface area contributed by atoms with Crippen LogP contribution in [0.4, 0.5) is 0 Å². The van der Waals surface area contributed by atoms with E-state index in [1.165, 1.54) is 0 Å². The van der Waals surface area contributed by atoms with Gasteiger partial charge < -0.3 is 0 Å². The Morgan fingerprint density at radius 3 is 0.408 bits per heavy atom. The van der Waals surface area contributed by atoms with Crippen molar-refractivity contribution in [3.05, 3.63) is 463 Å². The molecule has 0 N–H and O–H groups in total. The molecule has 0 atom stereocenters. The molecule has 13 aromatic carbocycles. The van der Waals surface area contributed by atoms with Crippen molar-refractivity contribution in [1.82, 2.24) is 0 Å². The first-order valence-corrected chi connectivity index (χ1v) is 41.6. The first kappa shape index (κ1) is 86.4. The maximum atomic E-state index is 3.71. The summed E-state index contributed by atoms with van der Waals surface area (Å²) < 4.78 is 0. The van der Waals surface area contributed by atoms with Crippen LogP contribution in [0.2, 0.25) is 0 Å². The van der Waals surface area contributed by atoms with Crippen LogP contribution in [-0.4, -0.2) is 0 Å². The third-order valence-electron chi connectivity index (χ3n) is 19.6. The molecule has 0 aliphatic rings. The zero-order valence-electron chi connectivity index (χ0n) is 71.2. The molecule has 0 fully saturated rings. The number of fused-ring (bicyclic) bond motifs is 21. The van der Waals surface area contributed by atoms with Crippen molar-refractivity contribution in [1.29, 1.82) is 0 Å². The Hall–Kier alpha value is -14.5. The summed E-state index contributed by atoms with van der Waals surface area (Å²) in [6, 6.07) is 126. The summed E-state index contributed by atoms with van der Waals surface area (Å²) in [4.78, 5) is 0. The fourth-order valence-electron chi connectivity index (χ4n) is 14.5. The van der Waals surface area contributed by atoms with Crippen LogP contribution in [-0.2, 0) is 0 Å². The van der Waals surface area contributed by atoms with Gasteiger partial charge in [0.25, 0.3) is 0 Å². The first-order valence-electron chi connectivity index (χ1n) is 41.6. The highest BCUT2D eigenvalue weighted by molar-refractivity contribution is 5.87. The van der Waals surface area contributed by atoms with Gasteiger partial charge in [-0.05, 0) is 425 Å². The fourth-order valence-corrected chi connectivity index (χ4v) is 14.5. The third-order valence-corrected chi connectivity index (χ3v) is 19.6. The van der Waals surface area contributed by atoms with E-state index in [1.807, 2.05) is 50.3 Å². The number of benzene rings is 11. The minimum Gasteiger partial charge on any atom is -0.0985 e. The lowest BCUT2D eigenvalue weighted by Gasteiger charge is -1.99. The molecule has 0 heterocycles. The van der Waals surface area contributed by atoms with E-state index in [4.69, 9.17) is 0 Å². The molecule has 0 radical (unpaired) electrons. The van der Waals surface area contributed by atoms with Crippen LogP contribution in [0.5, 0.6) is 0 Å². The van der Waals surface area contributed by atoms with Crippen molar-refractivity contribution in [3.63, 3.8) is 0 Å². The van der Waals surface area contributed by atoms with E-state index in [1.54, 1.807) is 0 Å². The minimum absolute atomic E-state index is 0.906. The lowest BCUT2D eigenvalue weighted by atomic mass is 10.1. The topological polar surface area (TPSA) is 0 Å². The summed E-state index contributed by atoms with van der Waals surface area (Å²) in [5, 5.41) is 23.7. The molecule has 120 heavy (non-hydrogen) atoms. The van der Waals surface area contributed by atoms with E-state index < -0.39 is 0 Å². The average Bonchev–Trinajstić information content (AvgIpc) is 0.843. The fraction of sp³-hybridized carbons (Fsp3) is 0.0833. The lowest BCUT2D eigenvalue weighted by molar-refractivity contribution is 1.50. The molecule has 0 saturated heterocycles. The average molecular weight is 1550 g/mol. The van der Waals surface area contributed by atoms with Gasteiger partial charge in [0.15, 0.2) is 0 Å². The largest absolute Gasteiger partial charge is 0.0985 e. The van der Waals surface area contributed by atoms with Crippen molar-refractivity contribution in [2.75, 3.05) is 0 Å². The predicted molar refractivity (Wildman–Crippen MR) is 543 cm³/mol. The van der Waals surface area contributed by atoms with Crippen molar-refractivity contribution >= 4 is 185 Å². The number of hydrogen-bond acceptors (Lipinski definition) is 0. The molecule has 0 spiro atoms. The van der Waals surface area contributed by atoms with Crippen molar-refractivity contribution in [3.8, 4) is 0 Å². The molecule has 0 unspecified atom stereocenters. The minimum atomic E-state index is 0.906. The number of rotatable bonds is 11. The highest BCUT2D eigenvalue weighted by atomic mass is 14.1. The molecule has 13 rings (SSSR count). The maximum Gasteiger partial charge on any atom is 0.0260 e. The second-order valence-corrected chi connectivity index (χ2v) is 29.4. The maximum absolute atomic E-state index is 3.71. The molecule has 0 heteroatoms. The van der Waals surface area contributed by atoms with Gasteiger partial charge in [0.05, 0.1) is 0 Å². The molecule has 0 saturated carbocycles. The van der Waals surface area contributed by atoms with Crippen LogP contribution in [0.15, 0.2) is 390 Å². The summed E-state index contributed by atoms with van der Waals surface area (Å²) >= 11 is 0. The van der Waals surface area contributed by atoms with Gasteiger partial charge in [0.1, 0.15) is 0 Å². The molecule has 0 nitrogen and oxygen atoms in total. The van der Waals surface area contributed by atoms with E-state index in [2.05, 4.69) is 488 Å². The molecule has 588 valence electrons. The highest BCUT2D eigenvalue weighted by Gasteiger charge is 2.02. The standard InChI is InChI=1S/C106H90.C12H12.C2H6/c1-9-17-77-47-85-25-26-86-48-78(18-10-2)52-90(64-86)30-34-94-56-82(22-14-6)60-98(68-94)38-43-103-72-104-44-40-100-62-84(24-16-8)58-96(70-100)36-32-92-54-80(20-12-4)50-88(66-92)28-27-87-49-79(19-11-3)53-91(65-87)31-35-95-57-83(23-15-7)61-99(69-95)39-42-102-71-101(73-105(74-102)45-46-106(75-103)76-104)41-37-97-59-81(21-13-5)55-93(67-97)33-29-89(51-77)63-85;1-4-10-7-11(5-2)9-12(6-3)8-10;1-2/h9-39,41-43,45-76H,1-8H3;4-9H,1-3H2;1-2H3. The summed E-state index contributed by atoms with van der Waals surface area (Å²) in [7, 11) is 0. The van der Waals surface area contributed by atoms with Gasteiger partial charge in [-0.1, -0.05) is 282 Å². The zero-order valence-corrected chi connectivity index (χ0v) is 71.2. The Labute approximate surface area is 712 Å². The van der Waals surface area contributed by atoms with Gasteiger partial charge >= 0.3 is 0 Å². The van der Waals surface area contributed by atoms with E-state index in [-0.39, 0.29) is 0 Å². The third kappa shape index (κ3) is 26.5. The van der Waals surface area contributed by atoms with Crippen molar-refractivity contribution < 1.29 is 0 Å². The summed E-state index contributed by atoms with van der Waals surface area (Å²) in [6.07, 6.45) is 39.7. The molecule has 0 amide bonds. The van der Waals surface area contributed by atoms with Crippen molar-refractivity contribution in [2.45, 2.75) is 69.2 Å². The number of allylic oxidation sites excluding steroid dienone is 8. The van der Waals surface area contributed by atoms with E-state index in [0.29, 0.717) is 0 Å². The smallest absolute Gasteiger partial charge is 0.0260 e. The summed E-state index contributed by atoms with van der Waals surface area (Å²) in [6.45, 7) is 31.7. The van der Waals surface area contributed by atoms with Gasteiger partial charge in [0.2, 0.25) is 0 Å². The van der Waals surface area contributed by atoms with E-state index in [0.717, 1.165) is 180 Å². The SMILES string of the molecule is C=Cc1cc(C=C)cc(C=C)c1.CC.CC=Cc1cc2c#cc3cc4ccc5cc(C=CC)cc(ccc6cc(C=CC)cc(ccc7cc(C=CC)cc(ccc8cc(C=CC)cc(ccc9cc(ccc%10cc(C=CC)cc(ccc%11cc(C=CC)cc(ccc%12cc(C=CC)cc(ccc(c1)c2)c%12)c%11)c%10)cc(ccc(c3)c4)c9)c8)c7)c6)c5. The quantitative estimate of drug-likeness (QED) is 0.121. The van der Waals surface area contributed by atoms with Crippen LogP contribution in [0.1, 0.15) is 130 Å². The molecular formula is C120H108. The van der Waals surface area contributed by atoms with Crippen LogP contribution in [0, 0.1) is 12.1 Å². The Balaban J connectivity index is 0.000000918. The molecule has 13 aromatic rings. The molecular weight excluding hydrogens is 1440 g/mol. The van der Waals surface area contributed by atoms with Gasteiger partial charge in [-0.2, -0.15) is 0 Å². The van der Waals surface area contributed by atoms with Gasteiger partial charge in [-0.3, -0.25) is 0 Å². The predicted octanol–water partition coefficient (Wildman–Crippen LogP) is 35.9. The molecule has 22 bridgehead atoms. The van der Waals surface area contributed by atoms with Crippen LogP contribution >= 0.6 is 0 Å². The molecule has 0 aliphatic heterocycles. The van der Waals surface area contributed by atoms with Gasteiger partial charge in [0, 0.05) is 10.8 Å². The Bertz CT molecular complexity index is 6080. The first-order chi connectivity index (χ1) is 58.7. The van der Waals surface area contributed by atoms with E-state index in [9.17, 15) is 0 Å². The Morgan fingerprint density at radius 2 is 0.267 bits per heavy atom. The normalized spacial score (nSPS) is 11.2. The van der Waals surface area contributed by atoms with E-state index >= 15 is 0 Å². The second kappa shape index (κ2) is 44.6. The summed E-state index contributed by atoms with van der Waals surface area (Å²) in [5.74, 6) is 0. The Kier molecular flexibility index (Phi) is 32.1. The number of hydrogen-bond donors (Lipinski definition) is 0. The molecule has 0 aromatic heterocycles. The Morgan fingerprint density at radius 1 is 0.150 bits per heavy atom. The van der Waals surface area contributed by atoms with Gasteiger partial charge in [-0.25, -0.2) is 0 Å². The molecule has 0 aliphatic carbocycles. The van der Waals surface area contributed by atoms with Crippen LogP contribution < -0.4 is 0 Å². The highest BCUT2D eigenvalue weighted by Crippen LogP contribution is 2.26.